The van der Waals surface area contributed by atoms with Crippen molar-refractivity contribution in [3.63, 3.8) is 0 Å². The number of hydrogen-bond donors (Lipinski definition) is 3. The summed E-state index contributed by atoms with van der Waals surface area (Å²) in [4.78, 5) is 45.3. The Labute approximate surface area is 294 Å². The molecule has 0 bridgehead atoms. The molecule has 8 heteroatoms. The lowest BCUT2D eigenvalue weighted by Gasteiger charge is -2.47. The van der Waals surface area contributed by atoms with Gasteiger partial charge in [-0.2, -0.15) is 0 Å². The van der Waals surface area contributed by atoms with Gasteiger partial charge in [0.25, 0.3) is 11.8 Å². The molecule has 270 valence electrons. The summed E-state index contributed by atoms with van der Waals surface area (Å²) in [7, 11) is 0. The number of aliphatic imine (C=N–C) groups is 1. The molecule has 0 aromatic heterocycles. The molecule has 1 atom stereocenters. The maximum atomic E-state index is 14.4. The average Bonchev–Trinajstić information content (AvgIpc) is 3.31. The molecule has 1 fully saturated rings. The predicted molar refractivity (Wildman–Crippen MR) is 198 cm³/mol. The topological polar surface area (TPSA) is 119 Å². The first kappa shape index (κ1) is 39.9. The summed E-state index contributed by atoms with van der Waals surface area (Å²) >= 11 is 0. The number of nitrogens with one attached hydrogen (secondary N) is 1. The second-order valence-corrected chi connectivity index (χ2v) is 16.5. The Kier molecular flexibility index (Phi) is 14.2. The fraction of sp³-hybridized carbons (Fsp3) is 0.610. The molecule has 2 amide bonds. The number of aliphatic carboxylic acids is 1. The summed E-state index contributed by atoms with van der Waals surface area (Å²) in [5.74, 6) is 0.0306. The SMILES string of the molecule is CC(C)(C)CCC(c1ccc(C(=O)NCCC(=O)O)cc1)N1C(=O)C(c2ccccc2)=NC12CCC(C(C)(C)C)CC2.CC(C)CCCO. The molecule has 1 aliphatic heterocycles. The highest BCUT2D eigenvalue weighted by atomic mass is 16.4. The molecule has 1 heterocycles. The minimum atomic E-state index is -0.954. The maximum Gasteiger partial charge on any atom is 0.305 e. The number of carbonyl (C=O) groups excluding carboxylic acids is 2. The Morgan fingerprint density at radius 3 is 2.06 bits per heavy atom. The van der Waals surface area contributed by atoms with Crippen molar-refractivity contribution in [1.29, 1.82) is 0 Å². The van der Waals surface area contributed by atoms with Crippen molar-refractivity contribution < 1.29 is 24.6 Å². The third kappa shape index (κ3) is 11.5. The molecule has 0 saturated heterocycles. The second kappa shape index (κ2) is 17.4. The number of aliphatic hydroxyl groups excluding tert-OH is 1. The largest absolute Gasteiger partial charge is 0.481 e. The van der Waals surface area contributed by atoms with E-state index >= 15 is 0 Å². The predicted octanol–water partition coefficient (Wildman–Crippen LogP) is 8.44. The van der Waals surface area contributed by atoms with Crippen LogP contribution in [0.2, 0.25) is 0 Å². The van der Waals surface area contributed by atoms with E-state index in [1.54, 1.807) is 12.1 Å². The van der Waals surface area contributed by atoms with E-state index in [2.05, 4.69) is 65.6 Å². The van der Waals surface area contributed by atoms with Gasteiger partial charge in [-0.05, 0) is 91.7 Å². The number of carboxylic acids is 1. The number of nitrogens with zero attached hydrogens (tertiary/aromatic N) is 2. The van der Waals surface area contributed by atoms with E-state index in [1.807, 2.05) is 42.5 Å². The standard InChI is InChI=1S/C35H47N3O4.C6H14O/c1-33(2,3)20-18-28(24-12-14-26(15-13-24)31(41)36-23-19-29(39)40)38-32(42)30(25-10-8-7-9-11-25)37-35(38)21-16-27(17-22-35)34(4,5)6;1-6(2)4-3-5-7/h7-15,27-28H,16-23H2,1-6H3,(H,36,41)(H,39,40);6-7H,3-5H2,1-2H3. The summed E-state index contributed by atoms with van der Waals surface area (Å²) < 4.78 is 0. The Morgan fingerprint density at radius 1 is 0.959 bits per heavy atom. The van der Waals surface area contributed by atoms with E-state index in [-0.39, 0.29) is 41.7 Å². The van der Waals surface area contributed by atoms with Crippen LogP contribution in [0.1, 0.15) is 141 Å². The van der Waals surface area contributed by atoms with Gasteiger partial charge in [-0.3, -0.25) is 19.4 Å². The van der Waals surface area contributed by atoms with Gasteiger partial charge in [0.05, 0.1) is 12.5 Å². The minimum absolute atomic E-state index is 0.0233. The molecule has 8 nitrogen and oxygen atoms in total. The van der Waals surface area contributed by atoms with Crippen LogP contribution in [0.5, 0.6) is 0 Å². The molecule has 1 spiro atoms. The summed E-state index contributed by atoms with van der Waals surface area (Å²) in [6.45, 7) is 18.3. The number of amides is 2. The number of rotatable bonds is 12. The number of hydrogen-bond acceptors (Lipinski definition) is 5. The van der Waals surface area contributed by atoms with Crippen LogP contribution in [0.3, 0.4) is 0 Å². The zero-order valence-corrected chi connectivity index (χ0v) is 31.2. The van der Waals surface area contributed by atoms with Crippen LogP contribution >= 0.6 is 0 Å². The molecular weight excluding hydrogens is 614 g/mol. The van der Waals surface area contributed by atoms with Gasteiger partial charge in [0, 0.05) is 24.3 Å². The van der Waals surface area contributed by atoms with Crippen LogP contribution in [0.4, 0.5) is 0 Å². The van der Waals surface area contributed by atoms with Crippen LogP contribution in [0.15, 0.2) is 59.6 Å². The summed E-state index contributed by atoms with van der Waals surface area (Å²) in [5.41, 5.74) is 2.52. The van der Waals surface area contributed by atoms with E-state index < -0.39 is 11.6 Å². The lowest BCUT2D eigenvalue weighted by Crippen LogP contribution is -2.51. The Balaban J connectivity index is 0.000000838. The highest BCUT2D eigenvalue weighted by Gasteiger charge is 2.52. The van der Waals surface area contributed by atoms with Crippen molar-refractivity contribution in [2.75, 3.05) is 13.2 Å². The van der Waals surface area contributed by atoms with Crippen molar-refractivity contribution in [2.24, 2.45) is 27.7 Å². The number of carboxylic acid groups (broad SMARTS) is 1. The van der Waals surface area contributed by atoms with E-state index in [4.69, 9.17) is 15.2 Å². The third-order valence-electron chi connectivity index (χ3n) is 9.85. The van der Waals surface area contributed by atoms with Gasteiger partial charge in [0.2, 0.25) is 0 Å². The van der Waals surface area contributed by atoms with Crippen LogP contribution in [-0.4, -0.2) is 57.4 Å². The summed E-state index contributed by atoms with van der Waals surface area (Å²) in [6, 6.07) is 17.0. The highest BCUT2D eigenvalue weighted by Crippen LogP contribution is 2.50. The van der Waals surface area contributed by atoms with Crippen molar-refractivity contribution in [3.8, 4) is 0 Å². The van der Waals surface area contributed by atoms with Crippen LogP contribution < -0.4 is 5.32 Å². The van der Waals surface area contributed by atoms with Crippen LogP contribution in [-0.2, 0) is 9.59 Å². The van der Waals surface area contributed by atoms with Gasteiger partial charge in [-0.25, -0.2) is 0 Å². The minimum Gasteiger partial charge on any atom is -0.481 e. The lowest BCUT2D eigenvalue weighted by molar-refractivity contribution is -0.137. The Bertz CT molecular complexity index is 1400. The number of carbonyl (C=O) groups is 3. The smallest absolute Gasteiger partial charge is 0.305 e. The van der Waals surface area contributed by atoms with Gasteiger partial charge in [-0.15, -0.1) is 0 Å². The van der Waals surface area contributed by atoms with Crippen LogP contribution in [0.25, 0.3) is 0 Å². The van der Waals surface area contributed by atoms with Gasteiger partial charge in [-0.1, -0.05) is 97.9 Å². The zero-order chi connectivity index (χ0) is 36.4. The highest BCUT2D eigenvalue weighted by molar-refractivity contribution is 6.46. The normalized spacial score (nSPS) is 20.1. The maximum absolute atomic E-state index is 14.4. The molecule has 4 rings (SSSR count). The van der Waals surface area contributed by atoms with Crippen LogP contribution in [0, 0.1) is 22.7 Å². The second-order valence-electron chi connectivity index (χ2n) is 16.5. The van der Waals surface area contributed by atoms with Gasteiger partial charge in [0.1, 0.15) is 11.4 Å². The number of benzene rings is 2. The molecule has 2 aromatic carbocycles. The first-order valence-electron chi connectivity index (χ1n) is 18.2. The van der Waals surface area contributed by atoms with E-state index in [0.717, 1.165) is 68.4 Å². The number of aliphatic hydroxyl groups is 1. The lowest BCUT2D eigenvalue weighted by atomic mass is 9.69. The first-order chi connectivity index (χ1) is 23.0. The van der Waals surface area contributed by atoms with E-state index in [9.17, 15) is 14.4 Å². The van der Waals surface area contributed by atoms with Crippen molar-refractivity contribution in [1.82, 2.24) is 10.2 Å². The van der Waals surface area contributed by atoms with E-state index in [0.29, 0.717) is 23.8 Å². The van der Waals surface area contributed by atoms with Crippen molar-refractivity contribution in [3.05, 3.63) is 71.3 Å². The molecule has 1 saturated carbocycles. The summed E-state index contributed by atoms with van der Waals surface area (Å²) in [5, 5.41) is 19.9. The molecule has 2 aliphatic rings. The van der Waals surface area contributed by atoms with Gasteiger partial charge in [0.15, 0.2) is 0 Å². The molecule has 49 heavy (non-hydrogen) atoms. The fourth-order valence-corrected chi connectivity index (χ4v) is 6.88. The summed E-state index contributed by atoms with van der Waals surface area (Å²) in [6.07, 6.45) is 7.36. The zero-order valence-electron chi connectivity index (χ0n) is 31.2. The average molecular weight is 676 g/mol. The monoisotopic (exact) mass is 675 g/mol. The van der Waals surface area contributed by atoms with Gasteiger partial charge >= 0.3 is 5.97 Å². The molecule has 3 N–H and O–H groups in total. The van der Waals surface area contributed by atoms with Gasteiger partial charge < -0.3 is 20.4 Å². The fourth-order valence-electron chi connectivity index (χ4n) is 6.88. The first-order valence-corrected chi connectivity index (χ1v) is 18.2. The van der Waals surface area contributed by atoms with Crippen molar-refractivity contribution in [2.45, 2.75) is 125 Å². The van der Waals surface area contributed by atoms with Crippen molar-refractivity contribution >= 4 is 23.5 Å². The van der Waals surface area contributed by atoms with E-state index in [1.165, 1.54) is 0 Å². The molecule has 1 aliphatic carbocycles. The Morgan fingerprint density at radius 2 is 1.57 bits per heavy atom. The quantitative estimate of drug-likeness (QED) is 0.209. The molecular formula is C41H61N3O5. The molecule has 1 unspecified atom stereocenters. The molecule has 2 aromatic rings. The molecule has 0 radical (unpaired) electrons. The third-order valence-corrected chi connectivity index (χ3v) is 9.85. The Hall–Kier alpha value is -3.52.